The summed E-state index contributed by atoms with van der Waals surface area (Å²) in [5.74, 6) is 0. The van der Waals surface area contributed by atoms with E-state index in [1.54, 1.807) is 0 Å². The lowest BCUT2D eigenvalue weighted by atomic mass is 10.1. The third-order valence-electron chi connectivity index (χ3n) is 3.80. The molecular formula is C10H8O18S6. The van der Waals surface area contributed by atoms with E-state index in [0.717, 1.165) is 0 Å². The molecule has 0 radical (unpaired) electrons. The smallest absolute Gasteiger partial charge is 0.282 e. The van der Waals surface area contributed by atoms with Crippen molar-refractivity contribution in [3.63, 3.8) is 0 Å². The summed E-state index contributed by atoms with van der Waals surface area (Å²) < 4.78 is 198. The minimum Gasteiger partial charge on any atom is -0.282 e. The summed E-state index contributed by atoms with van der Waals surface area (Å²) in [5.41, 5.74) is 0. The Bertz CT molecular complexity index is 1770. The van der Waals surface area contributed by atoms with Crippen LogP contribution >= 0.6 is 0 Å². The van der Waals surface area contributed by atoms with E-state index in [0.29, 0.717) is 0 Å². The van der Waals surface area contributed by atoms with Crippen LogP contribution in [0.2, 0.25) is 0 Å². The van der Waals surface area contributed by atoms with Gasteiger partial charge in [-0.25, -0.2) is 0 Å². The number of hydrogen-bond donors (Lipinski definition) is 6. The van der Waals surface area contributed by atoms with E-state index in [4.69, 9.17) is 0 Å². The second-order valence-electron chi connectivity index (χ2n) is 6.00. The van der Waals surface area contributed by atoms with Crippen LogP contribution in [0.4, 0.5) is 0 Å². The van der Waals surface area contributed by atoms with Crippen LogP contribution in [0.5, 0.6) is 0 Å². The van der Waals surface area contributed by atoms with Crippen LogP contribution in [0, 0.1) is 0 Å². The van der Waals surface area contributed by atoms with E-state index >= 15 is 0 Å². The fourth-order valence-corrected chi connectivity index (χ4v) is 8.53. The molecule has 0 spiro atoms. The highest BCUT2D eigenvalue weighted by Crippen LogP contribution is 2.44. The second-order valence-corrected chi connectivity index (χ2v) is 14.3. The molecule has 0 atom stereocenters. The van der Waals surface area contributed by atoms with Gasteiger partial charge in [-0.05, 0) is 12.1 Å². The fourth-order valence-electron chi connectivity index (χ4n) is 2.76. The maximum absolute atomic E-state index is 11.9. The Labute approximate surface area is 190 Å². The van der Waals surface area contributed by atoms with E-state index in [-0.39, 0.29) is 0 Å². The van der Waals surface area contributed by atoms with Crippen LogP contribution in [0.1, 0.15) is 0 Å². The molecule has 0 aliphatic carbocycles. The van der Waals surface area contributed by atoms with Crippen molar-refractivity contribution in [3.8, 4) is 0 Å². The van der Waals surface area contributed by atoms with Crippen molar-refractivity contribution in [3.05, 3.63) is 12.1 Å². The van der Waals surface area contributed by atoms with Crippen LogP contribution < -0.4 is 0 Å². The van der Waals surface area contributed by atoms with Crippen LogP contribution in [0.3, 0.4) is 0 Å². The molecule has 0 unspecified atom stereocenters. The van der Waals surface area contributed by atoms with Gasteiger partial charge in [0.25, 0.3) is 60.7 Å². The van der Waals surface area contributed by atoms with Crippen molar-refractivity contribution in [2.75, 3.05) is 0 Å². The lowest BCUT2D eigenvalue weighted by Gasteiger charge is -2.18. The monoisotopic (exact) mass is 608 g/mol. The van der Waals surface area contributed by atoms with Gasteiger partial charge in [-0.1, -0.05) is 0 Å². The van der Waals surface area contributed by atoms with Crippen molar-refractivity contribution in [2.45, 2.75) is 29.4 Å². The molecule has 2 aromatic carbocycles. The van der Waals surface area contributed by atoms with Gasteiger partial charge < -0.3 is 0 Å². The zero-order valence-electron chi connectivity index (χ0n) is 15.2. The molecule has 0 bridgehead atoms. The predicted molar refractivity (Wildman–Crippen MR) is 103 cm³/mol. The highest BCUT2D eigenvalue weighted by Gasteiger charge is 2.40. The van der Waals surface area contributed by atoms with E-state index < -0.39 is 113 Å². The van der Waals surface area contributed by atoms with Crippen molar-refractivity contribution in [1.82, 2.24) is 0 Å². The van der Waals surface area contributed by atoms with Crippen LogP contribution in [0.25, 0.3) is 10.8 Å². The molecule has 0 saturated heterocycles. The molecule has 0 aliphatic rings. The van der Waals surface area contributed by atoms with Crippen molar-refractivity contribution in [1.29, 1.82) is 0 Å². The Hall–Kier alpha value is -1.84. The van der Waals surface area contributed by atoms with Crippen molar-refractivity contribution < 1.29 is 77.8 Å². The molecular weight excluding hydrogens is 600 g/mol. The molecule has 192 valence electrons. The molecule has 2 aromatic rings. The lowest BCUT2D eigenvalue weighted by molar-refractivity contribution is 0.462. The third-order valence-corrected chi connectivity index (χ3v) is 9.45. The normalized spacial score (nSPS) is 14.4. The quantitative estimate of drug-likeness (QED) is 0.199. The summed E-state index contributed by atoms with van der Waals surface area (Å²) in [6, 6.07) is -0.989. The van der Waals surface area contributed by atoms with E-state index in [9.17, 15) is 77.8 Å². The third kappa shape index (κ3) is 5.21. The Morgan fingerprint density at radius 2 is 0.588 bits per heavy atom. The van der Waals surface area contributed by atoms with Crippen molar-refractivity contribution in [2.24, 2.45) is 0 Å². The first-order chi connectivity index (χ1) is 14.7. The van der Waals surface area contributed by atoms with Crippen LogP contribution in [-0.2, 0) is 60.7 Å². The van der Waals surface area contributed by atoms with Gasteiger partial charge in [0, 0.05) is 10.8 Å². The van der Waals surface area contributed by atoms with Gasteiger partial charge in [-0.15, -0.1) is 0 Å². The fraction of sp³-hybridized carbons (Fsp3) is 0. The zero-order valence-corrected chi connectivity index (χ0v) is 20.1. The topological polar surface area (TPSA) is 326 Å². The summed E-state index contributed by atoms with van der Waals surface area (Å²) >= 11 is 0. The second kappa shape index (κ2) is 7.83. The Morgan fingerprint density at radius 1 is 0.353 bits per heavy atom. The van der Waals surface area contributed by atoms with Crippen molar-refractivity contribution >= 4 is 71.5 Å². The molecule has 0 amide bonds. The van der Waals surface area contributed by atoms with Gasteiger partial charge in [0.15, 0.2) is 0 Å². The molecule has 0 heterocycles. The predicted octanol–water partition coefficient (Wildman–Crippen LogP) is -1.68. The van der Waals surface area contributed by atoms with E-state index in [2.05, 4.69) is 0 Å². The summed E-state index contributed by atoms with van der Waals surface area (Å²) in [5, 5.41) is -4.29. The number of rotatable bonds is 6. The molecule has 0 saturated carbocycles. The van der Waals surface area contributed by atoms with Gasteiger partial charge in [0.05, 0.1) is 0 Å². The molecule has 0 aliphatic heterocycles. The summed E-state index contributed by atoms with van der Waals surface area (Å²) in [6.45, 7) is 0. The van der Waals surface area contributed by atoms with Gasteiger partial charge in [-0.2, -0.15) is 50.5 Å². The first-order valence-electron chi connectivity index (χ1n) is 7.22. The largest absolute Gasteiger partial charge is 0.296 e. The van der Waals surface area contributed by atoms with Crippen LogP contribution in [0.15, 0.2) is 41.5 Å². The summed E-state index contributed by atoms with van der Waals surface area (Å²) in [6.07, 6.45) is 0. The highest BCUT2D eigenvalue weighted by molar-refractivity contribution is 7.90. The molecule has 24 heteroatoms. The molecule has 18 nitrogen and oxygen atoms in total. The molecule has 34 heavy (non-hydrogen) atoms. The molecule has 0 fully saturated rings. The molecule has 0 aromatic heterocycles. The summed E-state index contributed by atoms with van der Waals surface area (Å²) in [4.78, 5) is -13.6. The first kappa shape index (κ1) is 28.4. The SMILES string of the molecule is O=S(=O)(O)c1cc(S(=O)(=O)O)c2c(S(=O)(=O)O)cc(S(=O)(=O)O)c(S(=O)(=O)O)c2c1S(=O)(=O)O. The van der Waals surface area contributed by atoms with Gasteiger partial charge in [-0.3, -0.25) is 27.3 Å². The minimum absolute atomic E-state index is 0.494. The first-order valence-corrected chi connectivity index (χ1v) is 15.9. The Morgan fingerprint density at radius 3 is 0.765 bits per heavy atom. The number of benzene rings is 2. The zero-order chi connectivity index (χ0) is 27.0. The van der Waals surface area contributed by atoms with E-state index in [1.165, 1.54) is 0 Å². The molecule has 6 N–H and O–H groups in total. The van der Waals surface area contributed by atoms with Gasteiger partial charge >= 0.3 is 0 Å². The maximum Gasteiger partial charge on any atom is 0.296 e. The Kier molecular flexibility index (Phi) is 6.54. The van der Waals surface area contributed by atoms with Gasteiger partial charge in [0.1, 0.15) is 29.4 Å². The summed E-state index contributed by atoms with van der Waals surface area (Å²) in [7, 11) is -36.6. The van der Waals surface area contributed by atoms with E-state index in [1.807, 2.05) is 0 Å². The lowest BCUT2D eigenvalue weighted by Crippen LogP contribution is -2.18. The number of fused-ring (bicyclic) bond motifs is 1. The maximum atomic E-state index is 11.9. The average Bonchev–Trinajstić information content (AvgIpc) is 2.53. The van der Waals surface area contributed by atoms with Crippen LogP contribution in [-0.4, -0.2) is 77.8 Å². The molecule has 2 rings (SSSR count). The standard InChI is InChI=1S/C10H8O18S6/c11-29(12,13)3-1-5(31(17,18)19)9(33(23,24)25)8-7(3)4(30(14,15)16)2-6(32(20,21)22)10(8)34(26,27)28/h1-2H,(H,11,12,13)(H,14,15,16)(H,17,18,19)(H,20,21,22)(H,23,24,25)(H,26,27,28). The Balaban J connectivity index is 3.94. The average molecular weight is 609 g/mol. The highest BCUT2D eigenvalue weighted by atomic mass is 32.2. The van der Waals surface area contributed by atoms with Gasteiger partial charge in [0.2, 0.25) is 0 Å². The number of hydrogen-bond acceptors (Lipinski definition) is 12. The minimum atomic E-state index is -6.26.